The number of nitrogens with one attached hydrogen (secondary N) is 1. The van der Waals surface area contributed by atoms with Gasteiger partial charge in [-0.3, -0.25) is 4.79 Å². The molecular weight excluding hydrogens is 210 g/mol. The van der Waals surface area contributed by atoms with Crippen LogP contribution in [0.4, 0.5) is 0 Å². The fourth-order valence-corrected chi connectivity index (χ4v) is 1.68. The van der Waals surface area contributed by atoms with Gasteiger partial charge in [0.15, 0.2) is 0 Å². The Morgan fingerprint density at radius 2 is 1.73 bits per heavy atom. The summed E-state index contributed by atoms with van der Waals surface area (Å²) in [6.07, 6.45) is 5.00. The summed E-state index contributed by atoms with van der Waals surface area (Å²) >= 11 is 5.95. The van der Waals surface area contributed by atoms with Crippen molar-refractivity contribution in [3.8, 4) is 0 Å². The largest absolute Gasteiger partial charge is 0.354 e. The number of halogens is 1. The van der Waals surface area contributed by atoms with Crippen LogP contribution in [0.1, 0.15) is 52.9 Å². The van der Waals surface area contributed by atoms with Crippen LogP contribution in [0.5, 0.6) is 0 Å². The van der Waals surface area contributed by atoms with Gasteiger partial charge in [-0.05, 0) is 19.3 Å². The van der Waals surface area contributed by atoms with E-state index in [9.17, 15) is 4.79 Å². The fourth-order valence-electron chi connectivity index (χ4n) is 1.60. The van der Waals surface area contributed by atoms with Crippen molar-refractivity contribution in [2.24, 2.45) is 5.92 Å². The first-order valence-electron chi connectivity index (χ1n) is 6.07. The zero-order valence-corrected chi connectivity index (χ0v) is 10.9. The molecule has 1 unspecified atom stereocenters. The molecule has 0 aliphatic heterocycles. The van der Waals surface area contributed by atoms with Gasteiger partial charge in [-0.25, -0.2) is 0 Å². The summed E-state index contributed by atoms with van der Waals surface area (Å²) in [6, 6.07) is 0. The predicted molar refractivity (Wildman–Crippen MR) is 66.2 cm³/mol. The van der Waals surface area contributed by atoms with Gasteiger partial charge in [0.2, 0.25) is 5.91 Å². The molecule has 0 spiro atoms. The Morgan fingerprint density at radius 1 is 1.20 bits per heavy atom. The molecule has 3 heteroatoms. The smallest absolute Gasteiger partial charge is 0.223 e. The fraction of sp³-hybridized carbons (Fsp3) is 0.917. The average molecular weight is 234 g/mol. The molecular formula is C12H24ClNO. The summed E-state index contributed by atoms with van der Waals surface area (Å²) in [4.78, 5) is 11.8. The lowest BCUT2D eigenvalue weighted by Gasteiger charge is -2.16. The van der Waals surface area contributed by atoms with Gasteiger partial charge in [0.1, 0.15) is 0 Å². The second-order valence-electron chi connectivity index (χ2n) is 4.02. The molecule has 0 radical (unpaired) electrons. The monoisotopic (exact) mass is 233 g/mol. The molecule has 90 valence electrons. The first-order chi connectivity index (χ1) is 7.15. The summed E-state index contributed by atoms with van der Waals surface area (Å²) < 4.78 is 0. The van der Waals surface area contributed by atoms with Gasteiger partial charge in [-0.1, -0.05) is 33.6 Å². The number of carbonyl (C=O) groups is 1. The zero-order chi connectivity index (χ0) is 11.7. The molecule has 0 aromatic carbocycles. The van der Waals surface area contributed by atoms with Crippen LogP contribution in [0.15, 0.2) is 0 Å². The highest BCUT2D eigenvalue weighted by molar-refractivity contribution is 6.20. The van der Waals surface area contributed by atoms with Gasteiger partial charge >= 0.3 is 0 Å². The molecule has 0 rings (SSSR count). The molecule has 1 atom stereocenters. The van der Waals surface area contributed by atoms with E-state index in [0.29, 0.717) is 6.54 Å². The number of hydrogen-bond acceptors (Lipinski definition) is 1. The Balaban J connectivity index is 3.90. The van der Waals surface area contributed by atoms with Crippen LogP contribution in [-0.4, -0.2) is 17.8 Å². The number of rotatable bonds is 8. The molecule has 0 bridgehead atoms. The molecule has 0 saturated carbocycles. The van der Waals surface area contributed by atoms with Crippen molar-refractivity contribution in [3.05, 3.63) is 0 Å². The lowest BCUT2D eigenvalue weighted by atomic mass is 9.97. The SMILES string of the molecule is CCCC(CCC)C(=O)NCC(Cl)CC. The Hall–Kier alpha value is -0.240. The second kappa shape index (κ2) is 9.02. The molecule has 1 amide bonds. The number of amides is 1. The van der Waals surface area contributed by atoms with Crippen LogP contribution in [0.3, 0.4) is 0 Å². The average Bonchev–Trinajstić information content (AvgIpc) is 2.25. The van der Waals surface area contributed by atoms with Crippen molar-refractivity contribution in [1.82, 2.24) is 5.32 Å². The van der Waals surface area contributed by atoms with Crippen molar-refractivity contribution in [3.63, 3.8) is 0 Å². The Kier molecular flexibility index (Phi) is 8.88. The maximum atomic E-state index is 11.8. The first kappa shape index (κ1) is 14.8. The van der Waals surface area contributed by atoms with E-state index in [4.69, 9.17) is 11.6 Å². The molecule has 0 aliphatic rings. The van der Waals surface area contributed by atoms with Crippen LogP contribution in [0, 0.1) is 5.92 Å². The zero-order valence-electron chi connectivity index (χ0n) is 10.2. The molecule has 0 saturated heterocycles. The topological polar surface area (TPSA) is 29.1 Å². The minimum absolute atomic E-state index is 0.0675. The third-order valence-electron chi connectivity index (χ3n) is 2.59. The summed E-state index contributed by atoms with van der Waals surface area (Å²) in [5.41, 5.74) is 0. The quantitative estimate of drug-likeness (QED) is 0.641. The van der Waals surface area contributed by atoms with E-state index in [1.54, 1.807) is 0 Å². The van der Waals surface area contributed by atoms with E-state index in [0.717, 1.165) is 32.1 Å². The van der Waals surface area contributed by atoms with Gasteiger partial charge in [-0.15, -0.1) is 11.6 Å². The van der Waals surface area contributed by atoms with Crippen LogP contribution in [0.25, 0.3) is 0 Å². The Bertz CT molecular complexity index is 167. The Morgan fingerprint density at radius 3 is 2.13 bits per heavy atom. The van der Waals surface area contributed by atoms with Gasteiger partial charge in [0.05, 0.1) is 5.38 Å². The van der Waals surface area contributed by atoms with Crippen molar-refractivity contribution < 1.29 is 4.79 Å². The summed E-state index contributed by atoms with van der Waals surface area (Å²) in [7, 11) is 0. The molecule has 0 fully saturated rings. The van der Waals surface area contributed by atoms with Crippen LogP contribution >= 0.6 is 11.6 Å². The minimum atomic E-state index is 0.0675. The van der Waals surface area contributed by atoms with E-state index < -0.39 is 0 Å². The van der Waals surface area contributed by atoms with Gasteiger partial charge in [0, 0.05) is 12.5 Å². The lowest BCUT2D eigenvalue weighted by Crippen LogP contribution is -2.34. The van der Waals surface area contributed by atoms with Gasteiger partial charge in [-0.2, -0.15) is 0 Å². The molecule has 2 nitrogen and oxygen atoms in total. The van der Waals surface area contributed by atoms with Crippen molar-refractivity contribution in [1.29, 1.82) is 0 Å². The van der Waals surface area contributed by atoms with Crippen LogP contribution < -0.4 is 5.32 Å². The standard InChI is InChI=1S/C12H24ClNO/c1-4-7-10(8-5-2)12(15)14-9-11(13)6-3/h10-11H,4-9H2,1-3H3,(H,14,15). The lowest BCUT2D eigenvalue weighted by molar-refractivity contribution is -0.125. The maximum Gasteiger partial charge on any atom is 0.223 e. The van der Waals surface area contributed by atoms with E-state index in [1.807, 2.05) is 6.92 Å². The van der Waals surface area contributed by atoms with E-state index in [2.05, 4.69) is 19.2 Å². The maximum absolute atomic E-state index is 11.8. The van der Waals surface area contributed by atoms with Crippen molar-refractivity contribution in [2.45, 2.75) is 58.3 Å². The van der Waals surface area contributed by atoms with Crippen molar-refractivity contribution in [2.75, 3.05) is 6.54 Å². The molecule has 1 N–H and O–H groups in total. The van der Waals surface area contributed by atoms with Gasteiger partial charge in [0.25, 0.3) is 0 Å². The number of hydrogen-bond donors (Lipinski definition) is 1. The summed E-state index contributed by atoms with van der Waals surface area (Å²) in [6.45, 7) is 6.86. The third-order valence-corrected chi connectivity index (χ3v) is 3.05. The van der Waals surface area contributed by atoms with E-state index in [-0.39, 0.29) is 17.2 Å². The highest BCUT2D eigenvalue weighted by Crippen LogP contribution is 2.13. The van der Waals surface area contributed by atoms with Crippen LogP contribution in [-0.2, 0) is 4.79 Å². The van der Waals surface area contributed by atoms with E-state index >= 15 is 0 Å². The molecule has 15 heavy (non-hydrogen) atoms. The molecule has 0 aromatic heterocycles. The molecule has 0 heterocycles. The normalized spacial score (nSPS) is 12.9. The minimum Gasteiger partial charge on any atom is -0.354 e. The molecule has 0 aliphatic carbocycles. The summed E-state index contributed by atoms with van der Waals surface area (Å²) in [5, 5.41) is 3.00. The predicted octanol–water partition coefficient (Wildman–Crippen LogP) is 3.34. The number of alkyl halides is 1. The molecule has 0 aromatic rings. The van der Waals surface area contributed by atoms with Gasteiger partial charge < -0.3 is 5.32 Å². The first-order valence-corrected chi connectivity index (χ1v) is 6.51. The summed E-state index contributed by atoms with van der Waals surface area (Å²) in [5.74, 6) is 0.360. The Labute approximate surface area is 98.8 Å². The van der Waals surface area contributed by atoms with E-state index in [1.165, 1.54) is 0 Å². The second-order valence-corrected chi connectivity index (χ2v) is 4.64. The highest BCUT2D eigenvalue weighted by Gasteiger charge is 2.16. The third kappa shape index (κ3) is 6.77. The van der Waals surface area contributed by atoms with Crippen LogP contribution in [0.2, 0.25) is 0 Å². The number of carbonyl (C=O) groups excluding carboxylic acids is 1. The highest BCUT2D eigenvalue weighted by atomic mass is 35.5. The van der Waals surface area contributed by atoms with Crippen molar-refractivity contribution >= 4 is 17.5 Å².